The topological polar surface area (TPSA) is 153 Å². The molecule has 1 aromatic heterocycles. The number of rotatable bonds is 5. The predicted molar refractivity (Wildman–Crippen MR) is 91.8 cm³/mol. The molecule has 1 radical (unpaired) electrons. The average Bonchev–Trinajstić information content (AvgIpc) is 2.60. The van der Waals surface area contributed by atoms with E-state index in [2.05, 4.69) is 14.7 Å². The number of ether oxygens (including phenoxy) is 1. The Morgan fingerprint density at radius 3 is 2.41 bits per heavy atom. The number of nitro benzene ring substituents is 1. The number of hydrogen-bond acceptors (Lipinski definition) is 8. The van der Waals surface area contributed by atoms with Crippen molar-refractivity contribution < 1.29 is 36.0 Å². The van der Waals surface area contributed by atoms with Gasteiger partial charge in [0.1, 0.15) is 0 Å². The summed E-state index contributed by atoms with van der Waals surface area (Å²) in [5.74, 6) is -1.44. The number of methoxy groups -OCH3 is 1. The number of para-hydroxylation sites is 1. The minimum atomic E-state index is -4.89. The van der Waals surface area contributed by atoms with Crippen LogP contribution in [0.3, 0.4) is 0 Å². The number of nitrogens with zero attached hydrogens (tertiary/aromatic N) is 3. The van der Waals surface area contributed by atoms with Gasteiger partial charge in [-0.3, -0.25) is 15.4 Å². The molecule has 151 valence electrons. The quantitative estimate of drug-likeness (QED) is 0.400. The van der Waals surface area contributed by atoms with Crippen molar-refractivity contribution >= 4 is 57.2 Å². The summed E-state index contributed by atoms with van der Waals surface area (Å²) in [7, 11) is -3.70. The van der Waals surface area contributed by atoms with Gasteiger partial charge in [-0.25, -0.2) is 22.9 Å². The van der Waals surface area contributed by atoms with Gasteiger partial charge < -0.3 is 4.74 Å². The van der Waals surface area contributed by atoms with Crippen molar-refractivity contribution in [2.75, 3.05) is 12.4 Å². The normalized spacial score (nSPS) is 11.2. The molecule has 2 rings (SSSR count). The summed E-state index contributed by atoms with van der Waals surface area (Å²) in [4.78, 5) is 27.5. The van der Waals surface area contributed by atoms with Gasteiger partial charge in [0.05, 0.1) is 12.0 Å². The van der Waals surface area contributed by atoms with Gasteiger partial charge in [0.2, 0.25) is 11.8 Å². The number of aromatic nitrogens is 2. The number of nitrogens with one attached hydrogen (secondary N) is 2. The maximum Gasteiger partial charge on any atom is 0.433 e. The molecule has 11 nitrogen and oxygen atoms in total. The van der Waals surface area contributed by atoms with Gasteiger partial charge in [-0.05, 0) is 6.07 Å². The molecule has 0 atom stereocenters. The Kier molecular flexibility index (Phi) is 7.90. The third-order valence-corrected chi connectivity index (χ3v) is 4.38. The van der Waals surface area contributed by atoms with Crippen molar-refractivity contribution in [3.8, 4) is 5.88 Å². The van der Waals surface area contributed by atoms with Gasteiger partial charge >= 0.3 is 12.2 Å². The number of alkyl halides is 3. The van der Waals surface area contributed by atoms with Crippen LogP contribution in [0.4, 0.5) is 29.6 Å². The third-order valence-electron chi connectivity index (χ3n) is 3.01. The summed E-state index contributed by atoms with van der Waals surface area (Å²) < 4.78 is 68.8. The molecule has 0 fully saturated rings. The van der Waals surface area contributed by atoms with E-state index in [1.54, 1.807) is 5.32 Å². The fraction of sp³-hybridized carbons (Fsp3) is 0.154. The molecule has 0 spiro atoms. The van der Waals surface area contributed by atoms with Crippen molar-refractivity contribution in [1.82, 2.24) is 14.7 Å². The molecular formula is C13H10F3N5NaO6S. The standard InChI is InChI=1S/C13H10F3N5O6S.Na/c1-27-10-6-9(13(14,15)16)17-11(18-10)19-12(22)20-28(25,26)8-5-3-2-4-7(8)21(23)24;/h2-6H,1H3,(H2,17,18,19,20,22);. The molecule has 0 aliphatic rings. The van der Waals surface area contributed by atoms with E-state index in [1.807, 2.05) is 0 Å². The SMILES string of the molecule is COc1cc(C(F)(F)F)nc(NC(=O)NS(=O)(=O)c2ccccc2[N+](=O)[O-])n1.[Na]. The van der Waals surface area contributed by atoms with Crippen molar-refractivity contribution in [3.05, 3.63) is 46.1 Å². The Hall–Kier alpha value is -2.49. The first-order valence-electron chi connectivity index (χ1n) is 7.01. The summed E-state index contributed by atoms with van der Waals surface area (Å²) in [6.07, 6.45) is -4.89. The Balaban J connectivity index is 0.00000420. The van der Waals surface area contributed by atoms with Crippen molar-refractivity contribution in [3.63, 3.8) is 0 Å². The van der Waals surface area contributed by atoms with Crippen LogP contribution < -0.4 is 14.8 Å². The van der Waals surface area contributed by atoms with Crippen molar-refractivity contribution in [2.45, 2.75) is 11.1 Å². The van der Waals surface area contributed by atoms with Crippen LogP contribution in [0.15, 0.2) is 35.2 Å². The fourth-order valence-corrected chi connectivity index (χ4v) is 2.95. The van der Waals surface area contributed by atoms with E-state index in [4.69, 9.17) is 0 Å². The minimum absolute atomic E-state index is 0. The number of benzene rings is 1. The van der Waals surface area contributed by atoms with Gasteiger partial charge in [-0.15, -0.1) is 0 Å². The third kappa shape index (κ3) is 6.25. The van der Waals surface area contributed by atoms with Crippen LogP contribution in [0.1, 0.15) is 5.69 Å². The van der Waals surface area contributed by atoms with Crippen LogP contribution in [0.2, 0.25) is 0 Å². The molecule has 0 aliphatic carbocycles. The number of anilines is 1. The minimum Gasteiger partial charge on any atom is -0.481 e. The number of halogens is 3. The first kappa shape index (κ1) is 24.5. The zero-order valence-corrected chi connectivity index (χ0v) is 17.5. The van der Waals surface area contributed by atoms with Crippen molar-refractivity contribution in [1.29, 1.82) is 0 Å². The van der Waals surface area contributed by atoms with E-state index in [-0.39, 0.29) is 29.6 Å². The second kappa shape index (κ2) is 9.34. The number of urea groups is 1. The van der Waals surface area contributed by atoms with Crippen molar-refractivity contribution in [2.24, 2.45) is 0 Å². The Morgan fingerprint density at radius 2 is 1.86 bits per heavy atom. The Bertz CT molecular complexity index is 1030. The molecule has 29 heavy (non-hydrogen) atoms. The molecule has 0 saturated heterocycles. The van der Waals surface area contributed by atoms with E-state index in [0.29, 0.717) is 6.07 Å². The number of sulfonamides is 1. The number of carbonyl (C=O) groups excluding carboxylic acids is 1. The first-order chi connectivity index (χ1) is 12.9. The van der Waals surface area contributed by atoms with Gasteiger partial charge in [0, 0.05) is 41.7 Å². The summed E-state index contributed by atoms with van der Waals surface area (Å²) in [5, 5.41) is 12.6. The van der Waals surface area contributed by atoms with E-state index < -0.39 is 55.3 Å². The van der Waals surface area contributed by atoms with E-state index >= 15 is 0 Å². The van der Waals surface area contributed by atoms with Gasteiger partial charge in [0.25, 0.3) is 15.7 Å². The summed E-state index contributed by atoms with van der Waals surface area (Å²) in [5.41, 5.74) is -2.25. The average molecular weight is 444 g/mol. The molecule has 2 aromatic rings. The van der Waals surface area contributed by atoms with Gasteiger partial charge in [-0.1, -0.05) is 12.1 Å². The predicted octanol–water partition coefficient (Wildman–Crippen LogP) is 1.54. The number of carbonyl (C=O) groups is 1. The van der Waals surface area contributed by atoms with Crippen LogP contribution in [0.5, 0.6) is 5.88 Å². The Morgan fingerprint density at radius 1 is 1.24 bits per heavy atom. The van der Waals surface area contributed by atoms with Gasteiger partial charge in [-0.2, -0.15) is 18.2 Å². The fourth-order valence-electron chi connectivity index (χ4n) is 1.87. The molecule has 0 aliphatic heterocycles. The second-order valence-electron chi connectivity index (χ2n) is 4.90. The van der Waals surface area contributed by atoms with E-state index in [0.717, 1.165) is 19.2 Å². The second-order valence-corrected chi connectivity index (χ2v) is 6.55. The molecule has 0 bridgehead atoms. The maximum atomic E-state index is 12.8. The zero-order valence-electron chi connectivity index (χ0n) is 14.7. The van der Waals surface area contributed by atoms with Crippen LogP contribution >= 0.6 is 0 Å². The maximum absolute atomic E-state index is 12.8. The molecule has 1 heterocycles. The van der Waals surface area contributed by atoms with Crippen LogP contribution in [-0.2, 0) is 16.2 Å². The largest absolute Gasteiger partial charge is 0.481 e. The van der Waals surface area contributed by atoms with Crippen LogP contribution in [-0.4, -0.2) is 66.0 Å². The summed E-state index contributed by atoms with van der Waals surface area (Å²) in [6, 6.07) is 3.08. The number of hydrogen-bond donors (Lipinski definition) is 2. The van der Waals surface area contributed by atoms with Gasteiger partial charge in [0.15, 0.2) is 10.6 Å². The zero-order chi connectivity index (χ0) is 21.1. The molecule has 0 saturated carbocycles. The molecule has 16 heteroatoms. The Labute approximate surface area is 183 Å². The summed E-state index contributed by atoms with van der Waals surface area (Å²) >= 11 is 0. The molecular weight excluding hydrogens is 434 g/mol. The molecule has 0 unspecified atom stereocenters. The van der Waals surface area contributed by atoms with Crippen LogP contribution in [0, 0.1) is 10.1 Å². The van der Waals surface area contributed by atoms with E-state index in [9.17, 15) is 36.5 Å². The van der Waals surface area contributed by atoms with Crippen LogP contribution in [0.25, 0.3) is 0 Å². The number of amides is 2. The van der Waals surface area contributed by atoms with E-state index in [1.165, 1.54) is 16.9 Å². The monoisotopic (exact) mass is 444 g/mol. The molecule has 2 amide bonds. The molecule has 2 N–H and O–H groups in total. The molecule has 1 aromatic carbocycles. The summed E-state index contributed by atoms with van der Waals surface area (Å²) in [6.45, 7) is 0. The smallest absolute Gasteiger partial charge is 0.433 e. The first-order valence-corrected chi connectivity index (χ1v) is 8.50. The number of nitro groups is 1.